The van der Waals surface area contributed by atoms with Gasteiger partial charge in [0.05, 0.1) is 18.7 Å². The van der Waals surface area contributed by atoms with E-state index >= 15 is 0 Å². The van der Waals surface area contributed by atoms with Crippen molar-refractivity contribution in [1.82, 2.24) is 34.0 Å². The average Bonchev–Trinajstić information content (AvgIpc) is 3.78. The molecule has 0 radical (unpaired) electrons. The van der Waals surface area contributed by atoms with Gasteiger partial charge in [-0.2, -0.15) is 4.98 Å². The molecule has 3 aliphatic heterocycles. The summed E-state index contributed by atoms with van der Waals surface area (Å²) in [7, 11) is 0. The smallest absolute Gasteiger partial charge is 0.258 e. The lowest BCUT2D eigenvalue weighted by Crippen LogP contribution is -2.55. The molecular weight excluding hydrogens is 538 g/mol. The first kappa shape index (κ1) is 25.7. The van der Waals surface area contributed by atoms with Crippen LogP contribution in [-0.4, -0.2) is 71.9 Å². The maximum atomic E-state index is 13.9. The minimum atomic E-state index is -0.266. The number of halogens is 2. The van der Waals surface area contributed by atoms with Gasteiger partial charge in [0, 0.05) is 31.8 Å². The van der Waals surface area contributed by atoms with Gasteiger partial charge in [0.25, 0.3) is 5.78 Å². The summed E-state index contributed by atoms with van der Waals surface area (Å²) in [5.41, 5.74) is 3.79. The van der Waals surface area contributed by atoms with E-state index in [4.69, 9.17) is 14.7 Å². The van der Waals surface area contributed by atoms with Crippen LogP contribution in [-0.2, 0) is 11.3 Å². The maximum absolute atomic E-state index is 13.9. The molecule has 3 aromatic heterocycles. The summed E-state index contributed by atoms with van der Waals surface area (Å²) in [4.78, 5) is 14.9. The van der Waals surface area contributed by atoms with E-state index in [0.717, 1.165) is 85.9 Å². The van der Waals surface area contributed by atoms with Crippen molar-refractivity contribution in [2.75, 3.05) is 24.6 Å². The molecule has 6 heterocycles. The minimum absolute atomic E-state index is 0.106. The predicted molar refractivity (Wildman–Crippen MR) is 153 cm³/mol. The molecular formula is C31H32F2N8O. The molecule has 9 nitrogen and oxygen atoms in total. The molecule has 2 bridgehead atoms. The van der Waals surface area contributed by atoms with Crippen LogP contribution in [0.25, 0.3) is 16.9 Å². The van der Waals surface area contributed by atoms with E-state index < -0.39 is 0 Å². The van der Waals surface area contributed by atoms with Crippen LogP contribution in [0.1, 0.15) is 48.7 Å². The highest BCUT2D eigenvalue weighted by atomic mass is 19.1. The number of nitrogens with zero attached hydrogens (tertiary/aromatic N) is 8. The van der Waals surface area contributed by atoms with Gasteiger partial charge in [-0.15, -0.1) is 10.2 Å². The molecule has 216 valence electrons. The normalized spacial score (nSPS) is 22.8. The van der Waals surface area contributed by atoms with E-state index in [0.29, 0.717) is 5.78 Å². The second-order valence-corrected chi connectivity index (χ2v) is 11.8. The third-order valence-electron chi connectivity index (χ3n) is 9.23. The topological polar surface area (TPSA) is 76.6 Å². The monoisotopic (exact) mass is 570 g/mol. The Morgan fingerprint density at radius 2 is 1.57 bits per heavy atom. The van der Waals surface area contributed by atoms with Crippen molar-refractivity contribution in [2.24, 2.45) is 0 Å². The van der Waals surface area contributed by atoms with Crippen LogP contribution in [0.15, 0.2) is 54.9 Å². The molecule has 3 saturated heterocycles. The van der Waals surface area contributed by atoms with Crippen molar-refractivity contribution in [2.45, 2.75) is 63.4 Å². The molecule has 0 N–H and O–H groups in total. The van der Waals surface area contributed by atoms with Crippen LogP contribution in [0.2, 0.25) is 0 Å². The second kappa shape index (κ2) is 10.1. The first-order chi connectivity index (χ1) is 20.5. The number of ether oxygens (including phenoxy) is 1. The zero-order valence-corrected chi connectivity index (χ0v) is 23.4. The van der Waals surface area contributed by atoms with Crippen LogP contribution in [0.4, 0.5) is 14.6 Å². The van der Waals surface area contributed by atoms with Gasteiger partial charge in [-0.05, 0) is 68.0 Å². The van der Waals surface area contributed by atoms with Crippen molar-refractivity contribution >= 4 is 22.8 Å². The second-order valence-electron chi connectivity index (χ2n) is 11.8. The summed E-state index contributed by atoms with van der Waals surface area (Å²) in [5, 5.41) is 8.50. The number of rotatable bonds is 6. The number of aromatic nitrogens is 6. The van der Waals surface area contributed by atoms with Gasteiger partial charge in [-0.25, -0.2) is 18.2 Å². The van der Waals surface area contributed by atoms with Gasteiger partial charge in [-0.1, -0.05) is 24.3 Å². The van der Waals surface area contributed by atoms with Crippen molar-refractivity contribution in [3.05, 3.63) is 83.4 Å². The van der Waals surface area contributed by atoms with E-state index in [2.05, 4.69) is 24.6 Å². The fraction of sp³-hybridized carbons (Fsp3) is 0.419. The number of imidazole rings is 1. The average molecular weight is 571 g/mol. The number of piperazine rings is 1. The lowest BCUT2D eigenvalue weighted by Gasteiger charge is -2.45. The van der Waals surface area contributed by atoms with Crippen molar-refractivity contribution in [1.29, 1.82) is 0 Å². The first-order valence-corrected chi connectivity index (χ1v) is 14.7. The number of benzene rings is 2. The quantitative estimate of drug-likeness (QED) is 0.293. The Morgan fingerprint density at radius 3 is 2.19 bits per heavy atom. The van der Waals surface area contributed by atoms with E-state index in [1.807, 2.05) is 35.6 Å². The predicted octanol–water partition coefficient (Wildman–Crippen LogP) is 4.68. The Labute approximate surface area is 241 Å². The number of anilines is 1. The number of fused-ring (bicyclic) bond motifs is 5. The zero-order valence-electron chi connectivity index (χ0n) is 23.4. The minimum Gasteiger partial charge on any atom is -0.376 e. The highest BCUT2D eigenvalue weighted by molar-refractivity contribution is 5.86. The number of aryl methyl sites for hydroxylation is 1. The third-order valence-corrected chi connectivity index (χ3v) is 9.23. The van der Waals surface area contributed by atoms with Crippen LogP contribution in [0.3, 0.4) is 0 Å². The molecule has 0 amide bonds. The highest BCUT2D eigenvalue weighted by Crippen LogP contribution is 2.42. The van der Waals surface area contributed by atoms with Gasteiger partial charge in [0.15, 0.2) is 11.5 Å². The molecule has 3 atom stereocenters. The zero-order chi connectivity index (χ0) is 28.4. The standard InChI is InChI=1S/C31H32F2N8O/c1-19-35-27-29(36-31-37-34-18-40(31)30(27)39(19)17-26-3-2-14-42-26)38-15-24-12-13-25(16-38)41(24)28(20-4-8-22(32)9-5-20)21-6-10-23(33)11-7-21/h4-11,18,24-26,28H,2-3,12-17H2,1H3/t24-,25+,26-/m0/s1. The largest absolute Gasteiger partial charge is 0.376 e. The van der Waals surface area contributed by atoms with Gasteiger partial charge in [0.1, 0.15) is 29.3 Å². The molecule has 11 heteroatoms. The molecule has 3 aliphatic rings. The van der Waals surface area contributed by atoms with Gasteiger partial charge in [0.2, 0.25) is 0 Å². The molecule has 42 heavy (non-hydrogen) atoms. The lowest BCUT2D eigenvalue weighted by molar-refractivity contribution is 0.0972. The van der Waals surface area contributed by atoms with E-state index in [9.17, 15) is 8.78 Å². The molecule has 5 aromatic rings. The summed E-state index contributed by atoms with van der Waals surface area (Å²) in [6.07, 6.45) is 6.05. The molecule has 2 aromatic carbocycles. The Bertz CT molecular complexity index is 1690. The lowest BCUT2D eigenvalue weighted by atomic mass is 9.94. The van der Waals surface area contributed by atoms with Crippen LogP contribution >= 0.6 is 0 Å². The Balaban J connectivity index is 1.17. The Kier molecular flexibility index (Phi) is 6.18. The highest BCUT2D eigenvalue weighted by Gasteiger charge is 2.45. The fourth-order valence-electron chi connectivity index (χ4n) is 7.34. The summed E-state index contributed by atoms with van der Waals surface area (Å²) >= 11 is 0. The van der Waals surface area contributed by atoms with Crippen LogP contribution in [0, 0.1) is 18.6 Å². The number of hydrogen-bond donors (Lipinski definition) is 0. The van der Waals surface area contributed by atoms with Gasteiger partial charge in [-0.3, -0.25) is 4.90 Å². The Morgan fingerprint density at radius 1 is 0.905 bits per heavy atom. The summed E-state index contributed by atoms with van der Waals surface area (Å²) in [6.45, 7) is 5.09. The van der Waals surface area contributed by atoms with Gasteiger partial charge >= 0.3 is 0 Å². The van der Waals surface area contributed by atoms with Gasteiger partial charge < -0.3 is 14.2 Å². The van der Waals surface area contributed by atoms with Crippen molar-refractivity contribution in [3.8, 4) is 0 Å². The van der Waals surface area contributed by atoms with Crippen molar-refractivity contribution < 1.29 is 13.5 Å². The van der Waals surface area contributed by atoms with E-state index in [-0.39, 0.29) is 35.9 Å². The third kappa shape index (κ3) is 4.25. The molecule has 0 saturated carbocycles. The SMILES string of the molecule is Cc1nc2c(N3C[C@H]4CC[C@@H](C3)N4C(c3ccc(F)cc3)c3ccc(F)cc3)nc3nncn3c2n1C[C@@H]1CCCO1. The molecule has 0 spiro atoms. The molecule has 0 aliphatic carbocycles. The number of hydrogen-bond acceptors (Lipinski definition) is 7. The summed E-state index contributed by atoms with van der Waals surface area (Å²) in [5.74, 6) is 1.77. The fourth-order valence-corrected chi connectivity index (χ4v) is 7.34. The van der Waals surface area contributed by atoms with Crippen LogP contribution < -0.4 is 4.90 Å². The molecule has 8 rings (SSSR count). The summed E-state index contributed by atoms with van der Waals surface area (Å²) < 4.78 is 37.9. The first-order valence-electron chi connectivity index (χ1n) is 14.7. The van der Waals surface area contributed by atoms with E-state index in [1.165, 1.54) is 24.3 Å². The molecule has 3 fully saturated rings. The van der Waals surface area contributed by atoms with Crippen LogP contribution in [0.5, 0.6) is 0 Å². The molecule has 0 unspecified atom stereocenters. The summed E-state index contributed by atoms with van der Waals surface area (Å²) in [6, 6.07) is 13.8. The van der Waals surface area contributed by atoms with E-state index in [1.54, 1.807) is 6.33 Å². The Hall–Kier alpha value is -3.96. The van der Waals surface area contributed by atoms with Crippen molar-refractivity contribution in [3.63, 3.8) is 0 Å². The maximum Gasteiger partial charge on any atom is 0.258 e.